The molecule has 0 saturated heterocycles. The summed E-state index contributed by atoms with van der Waals surface area (Å²) < 4.78 is 24.2. The second kappa shape index (κ2) is 25.5. The number of fused-ring (bicyclic) bond motifs is 1. The molecule has 6 rings (SSSR count). The molecule has 63 heavy (non-hydrogen) atoms. The number of para-hydroxylation sites is 1. The molecule has 340 valence electrons. The molecular weight excluding hydrogens is 811 g/mol. The Morgan fingerprint density at radius 1 is 0.857 bits per heavy atom. The molecule has 2 aliphatic carbocycles. The highest BCUT2D eigenvalue weighted by Crippen LogP contribution is 2.39. The van der Waals surface area contributed by atoms with Crippen molar-refractivity contribution in [3.63, 3.8) is 0 Å². The van der Waals surface area contributed by atoms with Crippen molar-refractivity contribution in [1.82, 2.24) is 4.98 Å². The molecule has 0 spiro atoms. The van der Waals surface area contributed by atoms with Crippen molar-refractivity contribution in [3.8, 4) is 17.2 Å². The van der Waals surface area contributed by atoms with Gasteiger partial charge in [-0.1, -0.05) is 82.1 Å². The topological polar surface area (TPSA) is 120 Å². The molecule has 0 amide bonds. The number of nitrogens with zero attached hydrogens (tertiary/aromatic N) is 3. The van der Waals surface area contributed by atoms with E-state index in [1.54, 1.807) is 11.3 Å². The van der Waals surface area contributed by atoms with Gasteiger partial charge in [-0.3, -0.25) is 4.79 Å². The van der Waals surface area contributed by atoms with Crippen LogP contribution in [0.25, 0.3) is 10.2 Å². The Labute approximate surface area is 379 Å². The van der Waals surface area contributed by atoms with Crippen LogP contribution in [0.1, 0.15) is 146 Å². The highest BCUT2D eigenvalue weighted by molar-refractivity contribution is 7.22. The summed E-state index contributed by atoms with van der Waals surface area (Å²) in [6.45, 7) is 9.65. The molecule has 1 heterocycles. The molecule has 2 fully saturated rings. The van der Waals surface area contributed by atoms with Crippen LogP contribution in [0.5, 0.6) is 17.2 Å². The fourth-order valence-corrected chi connectivity index (χ4v) is 9.81. The first kappa shape index (κ1) is 47.7. The van der Waals surface area contributed by atoms with Crippen molar-refractivity contribution < 1.29 is 33.6 Å². The number of aliphatic hydroxyl groups is 1. The second-order valence-electron chi connectivity index (χ2n) is 17.3. The van der Waals surface area contributed by atoms with E-state index < -0.39 is 6.29 Å². The molecule has 1 unspecified atom stereocenters. The third-order valence-corrected chi connectivity index (χ3v) is 13.7. The van der Waals surface area contributed by atoms with Gasteiger partial charge in [0.2, 0.25) is 5.13 Å². The molecule has 0 radical (unpaired) electrons. The Kier molecular flexibility index (Phi) is 19.3. The van der Waals surface area contributed by atoms with Gasteiger partial charge in [0.05, 0.1) is 35.6 Å². The first-order valence-corrected chi connectivity index (χ1v) is 24.5. The number of rotatable bonds is 25. The first-order valence-electron chi connectivity index (χ1n) is 23.7. The van der Waals surface area contributed by atoms with Gasteiger partial charge in [0.25, 0.3) is 0 Å². The Bertz CT molecular complexity index is 2000. The lowest BCUT2D eigenvalue weighted by Crippen LogP contribution is -2.33. The summed E-state index contributed by atoms with van der Waals surface area (Å²) in [5.41, 5.74) is 3.06. The number of anilines is 1. The van der Waals surface area contributed by atoms with E-state index in [0.717, 1.165) is 84.1 Å². The summed E-state index contributed by atoms with van der Waals surface area (Å²) in [7, 11) is 0. The van der Waals surface area contributed by atoms with Crippen LogP contribution < -0.4 is 19.2 Å². The molecule has 3 aromatic carbocycles. The van der Waals surface area contributed by atoms with Crippen molar-refractivity contribution in [2.24, 2.45) is 22.9 Å². The average Bonchev–Trinajstić information content (AvgIpc) is 3.75. The number of hydrazone groups is 1. The highest BCUT2D eigenvalue weighted by Gasteiger charge is 2.33. The smallest absolute Gasteiger partial charge is 0.330 e. The SMILES string of the molecule is C=CC(=O)OCCCCCCOc1ccc(OC(O)C2CCC(C(=O)Oc3ccc(C4CCC(CCC)CC4)cc3/C=N/N(CCCCCC)c3nc4ccccc4s3)CC2)cc1. The van der Waals surface area contributed by atoms with Crippen molar-refractivity contribution >= 4 is 44.8 Å². The standard InChI is InChI=1S/C52H69N3O7S/c1-4-7-8-13-33-55(52-54-46-17-11-12-18-48(46)63-52)53-37-43-36-42(39-21-19-38(16-5-2)20-22-39)27-32-47(43)62-51(58)41-25-23-40(24-26-41)50(57)61-45-30-28-44(29-31-45)59-34-14-9-10-15-35-60-49(56)6-3/h6,11-12,17-18,27-32,36-41,50,57H,3-5,7-10,13-16,19-26,33-35H2,1-2H3/b53-37+. The Hall–Kier alpha value is -4.74. The van der Waals surface area contributed by atoms with Gasteiger partial charge in [-0.25, -0.2) is 14.8 Å². The number of ether oxygens (including phenoxy) is 4. The summed E-state index contributed by atoms with van der Waals surface area (Å²) in [4.78, 5) is 29.9. The third kappa shape index (κ3) is 14.9. The number of aliphatic hydroxyl groups excluding tert-OH is 1. The van der Waals surface area contributed by atoms with Crippen molar-refractivity contribution in [3.05, 3.63) is 90.5 Å². The quantitative estimate of drug-likeness (QED) is 0.0132. The van der Waals surface area contributed by atoms with E-state index in [-0.39, 0.29) is 23.8 Å². The first-order chi connectivity index (χ1) is 30.8. The number of aromatic nitrogens is 1. The van der Waals surface area contributed by atoms with E-state index in [1.807, 2.05) is 59.8 Å². The molecule has 4 aromatic rings. The summed E-state index contributed by atoms with van der Waals surface area (Å²) >= 11 is 1.65. The normalized spacial score (nSPS) is 19.4. The number of hydrogen-bond donors (Lipinski definition) is 1. The van der Waals surface area contributed by atoms with E-state index in [4.69, 9.17) is 29.0 Å². The van der Waals surface area contributed by atoms with Crippen LogP contribution in [-0.4, -0.2) is 54.3 Å². The number of carbonyl (C=O) groups is 2. The zero-order valence-electron chi connectivity index (χ0n) is 37.6. The highest BCUT2D eigenvalue weighted by atomic mass is 32.1. The van der Waals surface area contributed by atoms with Crippen LogP contribution in [0.3, 0.4) is 0 Å². The fourth-order valence-electron chi connectivity index (χ4n) is 8.86. The van der Waals surface area contributed by atoms with Gasteiger partial charge >= 0.3 is 11.9 Å². The monoisotopic (exact) mass is 879 g/mol. The number of unbranched alkanes of at least 4 members (excludes halogenated alkanes) is 6. The summed E-state index contributed by atoms with van der Waals surface area (Å²) in [5, 5.41) is 19.0. The second-order valence-corrected chi connectivity index (χ2v) is 18.4. The van der Waals surface area contributed by atoms with Gasteiger partial charge in [-0.2, -0.15) is 5.10 Å². The molecular formula is C52H69N3O7S. The van der Waals surface area contributed by atoms with Crippen molar-refractivity contribution in [1.29, 1.82) is 0 Å². The number of thiazole rings is 1. The lowest BCUT2D eigenvalue weighted by atomic mass is 9.77. The number of benzene rings is 3. The lowest BCUT2D eigenvalue weighted by molar-refractivity contribution is -0.142. The van der Waals surface area contributed by atoms with E-state index in [0.29, 0.717) is 56.3 Å². The van der Waals surface area contributed by atoms with Gasteiger partial charge in [-0.05, 0) is 149 Å². The zero-order valence-corrected chi connectivity index (χ0v) is 38.4. The largest absolute Gasteiger partial charge is 0.494 e. The lowest BCUT2D eigenvalue weighted by Gasteiger charge is -2.30. The van der Waals surface area contributed by atoms with E-state index in [9.17, 15) is 14.7 Å². The third-order valence-electron chi connectivity index (χ3n) is 12.6. The maximum Gasteiger partial charge on any atom is 0.330 e. The van der Waals surface area contributed by atoms with Gasteiger partial charge in [0.1, 0.15) is 17.2 Å². The van der Waals surface area contributed by atoms with Gasteiger partial charge in [0, 0.05) is 24.1 Å². The Morgan fingerprint density at radius 2 is 1.59 bits per heavy atom. The molecule has 0 aliphatic heterocycles. The van der Waals surface area contributed by atoms with Crippen LogP contribution in [0.2, 0.25) is 0 Å². The van der Waals surface area contributed by atoms with Crippen LogP contribution >= 0.6 is 11.3 Å². The molecule has 0 bridgehead atoms. The predicted octanol–water partition coefficient (Wildman–Crippen LogP) is 12.6. The molecule has 1 atom stereocenters. The zero-order chi connectivity index (χ0) is 44.2. The fraction of sp³-hybridized carbons (Fsp3) is 0.538. The maximum atomic E-state index is 13.8. The maximum absolute atomic E-state index is 13.8. The molecule has 1 aromatic heterocycles. The predicted molar refractivity (Wildman–Crippen MR) is 254 cm³/mol. The minimum absolute atomic E-state index is 0.0921. The van der Waals surface area contributed by atoms with Gasteiger partial charge in [0.15, 0.2) is 6.29 Å². The Balaban J connectivity index is 1.04. The minimum atomic E-state index is -0.979. The summed E-state index contributed by atoms with van der Waals surface area (Å²) in [5.74, 6) is 2.16. The van der Waals surface area contributed by atoms with E-state index in [2.05, 4.69) is 38.6 Å². The molecule has 10 nitrogen and oxygen atoms in total. The number of hydrogen-bond acceptors (Lipinski definition) is 11. The Morgan fingerprint density at radius 3 is 2.32 bits per heavy atom. The van der Waals surface area contributed by atoms with Crippen LogP contribution in [0, 0.1) is 17.8 Å². The van der Waals surface area contributed by atoms with Gasteiger partial charge < -0.3 is 24.1 Å². The van der Waals surface area contributed by atoms with Crippen LogP contribution in [-0.2, 0) is 14.3 Å². The summed E-state index contributed by atoms with van der Waals surface area (Å²) in [6.07, 6.45) is 20.2. The van der Waals surface area contributed by atoms with Crippen LogP contribution in [0.15, 0.2) is 84.5 Å². The van der Waals surface area contributed by atoms with Crippen molar-refractivity contribution in [2.45, 2.75) is 142 Å². The summed E-state index contributed by atoms with van der Waals surface area (Å²) in [6, 6.07) is 21.9. The number of esters is 2. The van der Waals surface area contributed by atoms with Crippen molar-refractivity contribution in [2.75, 3.05) is 24.8 Å². The molecule has 2 saturated carbocycles. The molecule has 2 aliphatic rings. The molecule has 11 heteroatoms. The van der Waals surface area contributed by atoms with Crippen LogP contribution in [0.4, 0.5) is 5.13 Å². The minimum Gasteiger partial charge on any atom is -0.494 e. The van der Waals surface area contributed by atoms with E-state index in [1.165, 1.54) is 56.6 Å². The average molecular weight is 880 g/mol. The molecule has 1 N–H and O–H groups in total. The van der Waals surface area contributed by atoms with Gasteiger partial charge in [-0.15, -0.1) is 0 Å². The van der Waals surface area contributed by atoms with E-state index >= 15 is 0 Å². The number of carbonyl (C=O) groups excluding carboxylic acids is 2.